The molecule has 32 heavy (non-hydrogen) atoms. The van der Waals surface area contributed by atoms with Crippen LogP contribution in [0, 0.1) is 5.41 Å². The molecule has 0 radical (unpaired) electrons. The van der Waals surface area contributed by atoms with Gasteiger partial charge in [0.25, 0.3) is 5.91 Å². The van der Waals surface area contributed by atoms with Gasteiger partial charge in [-0.3, -0.25) is 10.2 Å². The van der Waals surface area contributed by atoms with Crippen LogP contribution in [-0.4, -0.2) is 18.3 Å². The molecule has 1 unspecified atom stereocenters. The largest absolute Gasteiger partial charge is 0.494 e. The second-order valence-corrected chi connectivity index (χ2v) is 8.13. The SMILES string of the molecule is CCOc1cccc(NC(=O)C(Oc2cccc3sc(C(=N)N)cc23)c2ccccc2)c1. The number of amides is 1. The number of benzene rings is 3. The lowest BCUT2D eigenvalue weighted by Crippen LogP contribution is -2.25. The van der Waals surface area contributed by atoms with E-state index in [2.05, 4.69) is 5.32 Å². The van der Waals surface area contributed by atoms with Crippen LogP contribution in [0.2, 0.25) is 0 Å². The van der Waals surface area contributed by atoms with Crippen molar-refractivity contribution in [2.45, 2.75) is 13.0 Å². The number of nitrogens with two attached hydrogens (primary N) is 1. The average molecular weight is 446 g/mol. The molecule has 0 aliphatic rings. The van der Waals surface area contributed by atoms with Gasteiger partial charge in [-0.1, -0.05) is 42.5 Å². The van der Waals surface area contributed by atoms with Crippen molar-refractivity contribution in [3.05, 3.63) is 89.3 Å². The van der Waals surface area contributed by atoms with Crippen molar-refractivity contribution in [3.8, 4) is 11.5 Å². The summed E-state index contributed by atoms with van der Waals surface area (Å²) in [5, 5.41) is 11.5. The third-order valence-electron chi connectivity index (χ3n) is 4.78. The van der Waals surface area contributed by atoms with E-state index < -0.39 is 6.10 Å². The van der Waals surface area contributed by atoms with E-state index in [9.17, 15) is 4.79 Å². The summed E-state index contributed by atoms with van der Waals surface area (Å²) in [7, 11) is 0. The monoisotopic (exact) mass is 445 g/mol. The molecule has 1 amide bonds. The minimum atomic E-state index is -0.877. The zero-order chi connectivity index (χ0) is 22.5. The van der Waals surface area contributed by atoms with Crippen molar-refractivity contribution in [2.75, 3.05) is 11.9 Å². The molecule has 1 heterocycles. The fraction of sp³-hybridized carbons (Fsp3) is 0.120. The highest BCUT2D eigenvalue weighted by molar-refractivity contribution is 7.20. The van der Waals surface area contributed by atoms with Crippen LogP contribution in [0.15, 0.2) is 78.9 Å². The summed E-state index contributed by atoms with van der Waals surface area (Å²) in [4.78, 5) is 14.0. The van der Waals surface area contributed by atoms with Crippen molar-refractivity contribution in [1.29, 1.82) is 5.41 Å². The molecular formula is C25H23N3O3S. The normalized spacial score (nSPS) is 11.7. The Morgan fingerprint density at radius 3 is 2.59 bits per heavy atom. The Morgan fingerprint density at radius 1 is 1.06 bits per heavy atom. The van der Waals surface area contributed by atoms with Gasteiger partial charge in [0.05, 0.1) is 11.5 Å². The lowest BCUT2D eigenvalue weighted by atomic mass is 10.1. The lowest BCUT2D eigenvalue weighted by Gasteiger charge is -2.20. The number of fused-ring (bicyclic) bond motifs is 1. The van der Waals surface area contributed by atoms with E-state index in [1.165, 1.54) is 11.3 Å². The van der Waals surface area contributed by atoms with E-state index in [0.29, 0.717) is 28.7 Å². The standard InChI is InChI=1S/C25H23N3O3S/c1-2-30-18-11-6-10-17(14-18)28-25(29)23(16-8-4-3-5-9-16)31-20-12-7-13-21-19(20)15-22(32-21)24(26)27/h3-15,23H,2H2,1H3,(H3,26,27)(H,28,29). The summed E-state index contributed by atoms with van der Waals surface area (Å²) in [5.74, 6) is 0.938. The summed E-state index contributed by atoms with van der Waals surface area (Å²) in [5.41, 5.74) is 7.02. The number of anilines is 1. The zero-order valence-corrected chi connectivity index (χ0v) is 18.3. The molecule has 3 aromatic carbocycles. The van der Waals surface area contributed by atoms with Gasteiger partial charge < -0.3 is 20.5 Å². The molecule has 1 aromatic heterocycles. The van der Waals surface area contributed by atoms with Crippen molar-refractivity contribution in [3.63, 3.8) is 0 Å². The highest BCUT2D eigenvalue weighted by Gasteiger charge is 2.24. The summed E-state index contributed by atoms with van der Waals surface area (Å²) < 4.78 is 12.7. The Bertz CT molecular complexity index is 1250. The average Bonchev–Trinajstić information content (AvgIpc) is 3.24. The van der Waals surface area contributed by atoms with Gasteiger partial charge in [-0.2, -0.15) is 0 Å². The van der Waals surface area contributed by atoms with E-state index in [1.807, 2.05) is 73.7 Å². The van der Waals surface area contributed by atoms with Crippen molar-refractivity contribution in [2.24, 2.45) is 5.73 Å². The number of carbonyl (C=O) groups is 1. The quantitative estimate of drug-likeness (QED) is 0.252. The summed E-state index contributed by atoms with van der Waals surface area (Å²) in [6.45, 7) is 2.45. The summed E-state index contributed by atoms with van der Waals surface area (Å²) >= 11 is 1.42. The third kappa shape index (κ3) is 4.73. The number of rotatable bonds is 8. The van der Waals surface area contributed by atoms with Crippen LogP contribution in [0.3, 0.4) is 0 Å². The molecule has 4 aromatic rings. The molecule has 0 saturated carbocycles. The van der Waals surface area contributed by atoms with E-state index in [4.69, 9.17) is 20.6 Å². The predicted molar refractivity (Wildman–Crippen MR) is 129 cm³/mol. The molecule has 4 rings (SSSR count). The minimum absolute atomic E-state index is 0.00341. The topological polar surface area (TPSA) is 97.4 Å². The third-order valence-corrected chi connectivity index (χ3v) is 5.92. The fourth-order valence-corrected chi connectivity index (χ4v) is 4.28. The van der Waals surface area contributed by atoms with Crippen LogP contribution in [0.25, 0.3) is 10.1 Å². The molecule has 0 spiro atoms. The highest BCUT2D eigenvalue weighted by atomic mass is 32.1. The Hall–Kier alpha value is -3.84. The molecule has 7 heteroatoms. The van der Waals surface area contributed by atoms with Gasteiger partial charge in [0, 0.05) is 27.4 Å². The van der Waals surface area contributed by atoms with E-state index in [0.717, 1.165) is 15.6 Å². The Balaban J connectivity index is 1.66. The first kappa shape index (κ1) is 21.4. The molecular weight excluding hydrogens is 422 g/mol. The number of hydrogen-bond donors (Lipinski definition) is 3. The smallest absolute Gasteiger partial charge is 0.270 e. The maximum atomic E-state index is 13.3. The first-order chi connectivity index (χ1) is 15.5. The van der Waals surface area contributed by atoms with Crippen LogP contribution in [0.5, 0.6) is 11.5 Å². The van der Waals surface area contributed by atoms with Crippen LogP contribution in [0.1, 0.15) is 23.5 Å². The minimum Gasteiger partial charge on any atom is -0.494 e. The van der Waals surface area contributed by atoms with Gasteiger partial charge in [0.15, 0.2) is 0 Å². The predicted octanol–water partition coefficient (Wildman–Crippen LogP) is 5.34. The van der Waals surface area contributed by atoms with E-state index >= 15 is 0 Å². The molecule has 162 valence electrons. The number of ether oxygens (including phenoxy) is 2. The molecule has 1 atom stereocenters. The van der Waals surface area contributed by atoms with Gasteiger partial charge in [-0.25, -0.2) is 0 Å². The molecule has 0 aliphatic carbocycles. The van der Waals surface area contributed by atoms with Gasteiger partial charge in [0.2, 0.25) is 6.10 Å². The van der Waals surface area contributed by atoms with Gasteiger partial charge >= 0.3 is 0 Å². The molecule has 6 nitrogen and oxygen atoms in total. The molecule has 0 aliphatic heterocycles. The molecule has 0 fully saturated rings. The number of amidine groups is 1. The van der Waals surface area contributed by atoms with Crippen molar-refractivity contribution >= 4 is 38.9 Å². The second-order valence-electron chi connectivity index (χ2n) is 7.05. The van der Waals surface area contributed by atoms with Gasteiger partial charge in [-0.15, -0.1) is 11.3 Å². The Morgan fingerprint density at radius 2 is 1.84 bits per heavy atom. The summed E-state index contributed by atoms with van der Waals surface area (Å²) in [6.07, 6.45) is -0.877. The Kier molecular flexibility index (Phi) is 6.37. The first-order valence-corrected chi connectivity index (χ1v) is 11.0. The number of thiophene rings is 1. The van der Waals surface area contributed by atoms with Crippen LogP contribution >= 0.6 is 11.3 Å². The van der Waals surface area contributed by atoms with Crippen LogP contribution in [0.4, 0.5) is 5.69 Å². The molecule has 0 saturated heterocycles. The van der Waals surface area contributed by atoms with Crippen LogP contribution < -0.4 is 20.5 Å². The maximum Gasteiger partial charge on any atom is 0.270 e. The number of carbonyl (C=O) groups excluding carboxylic acids is 1. The fourth-order valence-electron chi connectivity index (χ4n) is 3.34. The number of nitrogen functional groups attached to an aromatic ring is 1. The first-order valence-electron chi connectivity index (χ1n) is 10.2. The number of hydrogen-bond acceptors (Lipinski definition) is 5. The second kappa shape index (κ2) is 9.53. The van der Waals surface area contributed by atoms with Gasteiger partial charge in [0.1, 0.15) is 17.3 Å². The lowest BCUT2D eigenvalue weighted by molar-refractivity contribution is -0.123. The maximum absolute atomic E-state index is 13.3. The highest BCUT2D eigenvalue weighted by Crippen LogP contribution is 2.35. The van der Waals surface area contributed by atoms with Crippen molar-refractivity contribution < 1.29 is 14.3 Å². The van der Waals surface area contributed by atoms with Crippen LogP contribution in [-0.2, 0) is 4.79 Å². The molecule has 4 N–H and O–H groups in total. The zero-order valence-electron chi connectivity index (χ0n) is 17.5. The number of nitrogens with one attached hydrogen (secondary N) is 2. The van der Waals surface area contributed by atoms with Gasteiger partial charge in [-0.05, 0) is 37.3 Å². The van der Waals surface area contributed by atoms with E-state index in [1.54, 1.807) is 12.1 Å². The van der Waals surface area contributed by atoms with E-state index in [-0.39, 0.29) is 11.7 Å². The van der Waals surface area contributed by atoms with Crippen molar-refractivity contribution in [1.82, 2.24) is 0 Å². The molecule has 0 bridgehead atoms. The Labute approximate surface area is 190 Å². The summed E-state index contributed by atoms with van der Waals surface area (Å²) in [6, 6.07) is 24.0.